The number of likely N-dealkylation sites (N-methyl/N-ethyl adjacent to an activating group) is 1. The predicted octanol–water partition coefficient (Wildman–Crippen LogP) is 2.84. The van der Waals surface area contributed by atoms with E-state index in [1.54, 1.807) is 0 Å². The Morgan fingerprint density at radius 2 is 2.08 bits per heavy atom. The van der Waals surface area contributed by atoms with Gasteiger partial charge in [0.05, 0.1) is 0 Å². The van der Waals surface area contributed by atoms with Crippen molar-refractivity contribution in [1.82, 2.24) is 15.5 Å². The highest BCUT2D eigenvalue weighted by Crippen LogP contribution is 2.26. The first-order valence-corrected chi connectivity index (χ1v) is 9.72. The maximum Gasteiger partial charge on any atom is 0.191 e. The third kappa shape index (κ3) is 5.25. The average Bonchev–Trinajstić information content (AvgIpc) is 3.09. The SMILES string of the molecule is CCN1CCCC1CNC(=NC)NCc1ccc2c(c1)CCCN2C.I. The summed E-state index contributed by atoms with van der Waals surface area (Å²) in [6, 6.07) is 7.49. The van der Waals surface area contributed by atoms with Gasteiger partial charge in [0.1, 0.15) is 0 Å². The summed E-state index contributed by atoms with van der Waals surface area (Å²) in [5.41, 5.74) is 4.19. The molecule has 1 fully saturated rings. The van der Waals surface area contributed by atoms with Crippen molar-refractivity contribution in [2.45, 2.75) is 45.2 Å². The molecule has 3 rings (SSSR count). The number of aryl methyl sites for hydroxylation is 1. The fraction of sp³-hybridized carbons (Fsp3) is 0.650. The summed E-state index contributed by atoms with van der Waals surface area (Å²) in [6.45, 7) is 7.58. The van der Waals surface area contributed by atoms with E-state index in [0.29, 0.717) is 6.04 Å². The minimum atomic E-state index is 0. The molecule has 0 aromatic heterocycles. The highest BCUT2D eigenvalue weighted by Gasteiger charge is 2.22. The third-order valence-corrected chi connectivity index (χ3v) is 5.59. The predicted molar refractivity (Wildman–Crippen MR) is 122 cm³/mol. The van der Waals surface area contributed by atoms with Crippen LogP contribution in [0.25, 0.3) is 0 Å². The Morgan fingerprint density at radius 1 is 1.23 bits per heavy atom. The number of hydrogen-bond acceptors (Lipinski definition) is 3. The zero-order valence-electron chi connectivity index (χ0n) is 16.4. The van der Waals surface area contributed by atoms with Gasteiger partial charge < -0.3 is 15.5 Å². The summed E-state index contributed by atoms with van der Waals surface area (Å²) in [7, 11) is 4.04. The summed E-state index contributed by atoms with van der Waals surface area (Å²) in [4.78, 5) is 9.30. The molecule has 0 aliphatic carbocycles. The van der Waals surface area contributed by atoms with Crippen molar-refractivity contribution in [2.24, 2.45) is 4.99 Å². The van der Waals surface area contributed by atoms with Gasteiger partial charge in [-0.15, -0.1) is 24.0 Å². The molecule has 2 aliphatic heterocycles. The van der Waals surface area contributed by atoms with E-state index < -0.39 is 0 Å². The molecule has 0 amide bonds. The number of aliphatic imine (C=N–C) groups is 1. The highest BCUT2D eigenvalue weighted by molar-refractivity contribution is 14.0. The molecule has 2 aliphatic rings. The van der Waals surface area contributed by atoms with E-state index in [1.165, 1.54) is 49.0 Å². The van der Waals surface area contributed by atoms with Crippen LogP contribution in [0.15, 0.2) is 23.2 Å². The van der Waals surface area contributed by atoms with Crippen molar-refractivity contribution in [3.63, 3.8) is 0 Å². The quantitative estimate of drug-likeness (QED) is 0.394. The topological polar surface area (TPSA) is 42.9 Å². The number of nitrogens with one attached hydrogen (secondary N) is 2. The van der Waals surface area contributed by atoms with Crippen LogP contribution in [0.1, 0.15) is 37.3 Å². The van der Waals surface area contributed by atoms with Crippen molar-refractivity contribution in [2.75, 3.05) is 45.2 Å². The molecule has 0 saturated carbocycles. The van der Waals surface area contributed by atoms with Crippen LogP contribution in [0.5, 0.6) is 0 Å². The zero-order chi connectivity index (χ0) is 17.6. The first-order chi connectivity index (χ1) is 12.2. The van der Waals surface area contributed by atoms with Crippen LogP contribution < -0.4 is 15.5 Å². The third-order valence-electron chi connectivity index (χ3n) is 5.59. The maximum atomic E-state index is 4.38. The second-order valence-electron chi connectivity index (χ2n) is 7.22. The Hall–Kier alpha value is -1.02. The Morgan fingerprint density at radius 3 is 2.85 bits per heavy atom. The molecule has 1 saturated heterocycles. The fourth-order valence-corrected chi connectivity index (χ4v) is 4.11. The van der Waals surface area contributed by atoms with Gasteiger partial charge in [-0.05, 0) is 56.0 Å². The molecule has 0 spiro atoms. The van der Waals surface area contributed by atoms with Gasteiger partial charge in [-0.1, -0.05) is 19.1 Å². The van der Waals surface area contributed by atoms with Crippen molar-refractivity contribution in [3.8, 4) is 0 Å². The van der Waals surface area contributed by atoms with E-state index >= 15 is 0 Å². The summed E-state index contributed by atoms with van der Waals surface area (Å²) in [5.74, 6) is 0.901. The van der Waals surface area contributed by atoms with E-state index in [0.717, 1.165) is 32.1 Å². The monoisotopic (exact) mass is 471 g/mol. The Bertz CT molecular complexity index is 604. The van der Waals surface area contributed by atoms with Crippen LogP contribution in [-0.4, -0.2) is 57.2 Å². The molecule has 1 aromatic carbocycles. The molecule has 5 nitrogen and oxygen atoms in total. The van der Waals surface area contributed by atoms with Gasteiger partial charge in [-0.25, -0.2) is 0 Å². The maximum absolute atomic E-state index is 4.38. The molecule has 1 atom stereocenters. The minimum Gasteiger partial charge on any atom is -0.374 e. The van der Waals surface area contributed by atoms with Gasteiger partial charge in [0.25, 0.3) is 0 Å². The van der Waals surface area contributed by atoms with E-state index in [9.17, 15) is 0 Å². The second-order valence-corrected chi connectivity index (χ2v) is 7.22. The number of nitrogens with zero attached hydrogens (tertiary/aromatic N) is 3. The van der Waals surface area contributed by atoms with E-state index in [4.69, 9.17) is 0 Å². The molecular formula is C20H34IN5. The number of benzene rings is 1. The molecule has 0 bridgehead atoms. The largest absolute Gasteiger partial charge is 0.374 e. The van der Waals surface area contributed by atoms with Crippen molar-refractivity contribution in [1.29, 1.82) is 0 Å². The first kappa shape index (κ1) is 21.3. The number of guanidine groups is 1. The molecule has 1 unspecified atom stereocenters. The molecule has 6 heteroatoms. The number of likely N-dealkylation sites (tertiary alicyclic amines) is 1. The summed E-state index contributed by atoms with van der Waals surface area (Å²) >= 11 is 0. The molecule has 146 valence electrons. The van der Waals surface area contributed by atoms with E-state index in [1.807, 2.05) is 7.05 Å². The van der Waals surface area contributed by atoms with E-state index in [2.05, 4.69) is 57.6 Å². The summed E-state index contributed by atoms with van der Waals surface area (Å²) in [5, 5.41) is 6.97. The lowest BCUT2D eigenvalue weighted by Gasteiger charge is -2.28. The van der Waals surface area contributed by atoms with Gasteiger partial charge in [-0.3, -0.25) is 9.89 Å². The average molecular weight is 471 g/mol. The van der Waals surface area contributed by atoms with Crippen molar-refractivity contribution >= 4 is 35.6 Å². The van der Waals surface area contributed by atoms with Crippen molar-refractivity contribution < 1.29 is 0 Å². The smallest absolute Gasteiger partial charge is 0.191 e. The van der Waals surface area contributed by atoms with Crippen LogP contribution in [0.4, 0.5) is 5.69 Å². The Kier molecular flexibility index (Phi) is 8.47. The summed E-state index contributed by atoms with van der Waals surface area (Å²) in [6.07, 6.45) is 5.04. The van der Waals surface area contributed by atoms with Gasteiger partial charge in [0, 0.05) is 45.5 Å². The zero-order valence-corrected chi connectivity index (χ0v) is 18.8. The van der Waals surface area contributed by atoms with Gasteiger partial charge in [0.2, 0.25) is 0 Å². The summed E-state index contributed by atoms with van der Waals surface area (Å²) < 4.78 is 0. The fourth-order valence-electron chi connectivity index (χ4n) is 4.11. The van der Waals surface area contributed by atoms with Gasteiger partial charge in [-0.2, -0.15) is 0 Å². The van der Waals surface area contributed by atoms with Crippen LogP contribution in [0, 0.1) is 0 Å². The molecule has 0 radical (unpaired) electrons. The second kappa shape index (κ2) is 10.3. The number of anilines is 1. The lowest BCUT2D eigenvalue weighted by Crippen LogP contribution is -2.44. The van der Waals surface area contributed by atoms with E-state index in [-0.39, 0.29) is 24.0 Å². The normalized spacial score (nSPS) is 20.5. The van der Waals surface area contributed by atoms with Gasteiger partial charge in [0.15, 0.2) is 5.96 Å². The highest BCUT2D eigenvalue weighted by atomic mass is 127. The molecular weight excluding hydrogens is 437 g/mol. The number of hydrogen-bond donors (Lipinski definition) is 2. The van der Waals surface area contributed by atoms with Crippen LogP contribution in [-0.2, 0) is 13.0 Å². The number of rotatable bonds is 5. The van der Waals surface area contributed by atoms with Crippen LogP contribution in [0.2, 0.25) is 0 Å². The number of fused-ring (bicyclic) bond motifs is 1. The standard InChI is InChI=1S/C20H33N5.HI/c1-4-25-12-6-8-18(25)15-23-20(21-2)22-14-16-9-10-19-17(13-16)7-5-11-24(19)3;/h9-10,13,18H,4-8,11-12,14-15H2,1-3H3,(H2,21,22,23);1H. The lowest BCUT2D eigenvalue weighted by molar-refractivity contribution is 0.267. The van der Waals surface area contributed by atoms with Crippen LogP contribution in [0.3, 0.4) is 0 Å². The Labute approximate surface area is 175 Å². The van der Waals surface area contributed by atoms with Crippen molar-refractivity contribution in [3.05, 3.63) is 29.3 Å². The Balaban J connectivity index is 0.00000243. The molecule has 1 aromatic rings. The molecule has 26 heavy (non-hydrogen) atoms. The lowest BCUT2D eigenvalue weighted by atomic mass is 9.99. The number of halogens is 1. The molecule has 2 heterocycles. The minimum absolute atomic E-state index is 0. The van der Waals surface area contributed by atoms with Crippen LogP contribution >= 0.6 is 24.0 Å². The molecule has 2 N–H and O–H groups in total. The van der Waals surface area contributed by atoms with Gasteiger partial charge >= 0.3 is 0 Å². The first-order valence-electron chi connectivity index (χ1n) is 9.72.